The predicted octanol–water partition coefficient (Wildman–Crippen LogP) is 1.39. The Labute approximate surface area is 85.8 Å². The summed E-state index contributed by atoms with van der Waals surface area (Å²) in [7, 11) is 3.20. The molecule has 0 bridgehead atoms. The number of nitrogens with zero attached hydrogens (tertiary/aromatic N) is 2. The Morgan fingerprint density at radius 2 is 2.64 bits per heavy atom. The average Bonchev–Trinajstić information content (AvgIpc) is 2.66. The summed E-state index contributed by atoms with van der Waals surface area (Å²) in [5.74, 6) is -0.00944. The quantitative estimate of drug-likeness (QED) is 0.456. The molecule has 76 valence electrons. The lowest BCUT2D eigenvalue weighted by atomic mass is 10.3. The van der Waals surface area contributed by atoms with E-state index in [9.17, 15) is 4.79 Å². The molecule has 1 N–H and O–H groups in total. The van der Waals surface area contributed by atoms with Gasteiger partial charge < -0.3 is 10.2 Å². The molecule has 5 nitrogen and oxygen atoms in total. The second-order valence-corrected chi connectivity index (χ2v) is 3.41. The van der Waals surface area contributed by atoms with Gasteiger partial charge >= 0.3 is 0 Å². The highest BCUT2D eigenvalue weighted by Crippen LogP contribution is 2.18. The maximum Gasteiger partial charge on any atom is 0.183 e. The van der Waals surface area contributed by atoms with Crippen LogP contribution in [0, 0.1) is 0 Å². The molecule has 0 saturated carbocycles. The van der Waals surface area contributed by atoms with Crippen molar-refractivity contribution in [2.75, 3.05) is 19.5 Å². The zero-order chi connectivity index (χ0) is 10.4. The van der Waals surface area contributed by atoms with Crippen LogP contribution in [0.1, 0.15) is 16.1 Å². The lowest BCUT2D eigenvalue weighted by molar-refractivity contribution is 0.100. The molecule has 1 rings (SSSR count). The minimum Gasteiger partial charge on any atom is -0.399 e. The zero-order valence-corrected chi connectivity index (χ0v) is 8.80. The molecular formula is C8H11N3O2S. The van der Waals surface area contributed by atoms with E-state index < -0.39 is 0 Å². The van der Waals surface area contributed by atoms with E-state index in [1.165, 1.54) is 24.7 Å². The Balaban J connectivity index is 2.56. The first-order chi connectivity index (χ1) is 6.77. The molecule has 0 aliphatic heterocycles. The van der Waals surface area contributed by atoms with Crippen molar-refractivity contribution in [1.29, 1.82) is 0 Å². The van der Waals surface area contributed by atoms with Crippen LogP contribution >= 0.6 is 11.3 Å². The van der Waals surface area contributed by atoms with Gasteiger partial charge in [0.15, 0.2) is 10.9 Å². The van der Waals surface area contributed by atoms with Crippen molar-refractivity contribution in [1.82, 2.24) is 4.98 Å². The van der Waals surface area contributed by atoms with Crippen LogP contribution in [-0.2, 0) is 4.84 Å². The Bertz CT molecular complexity index is 335. The summed E-state index contributed by atoms with van der Waals surface area (Å²) in [6.07, 6.45) is 3.22. The van der Waals surface area contributed by atoms with Gasteiger partial charge in [0.05, 0.1) is 23.7 Å². The monoisotopic (exact) mass is 213 g/mol. The number of ketones is 1. The number of Topliss-reactive ketones (excluding diaryl/α,β-unsaturated/α-hetero) is 1. The molecule has 1 aromatic heterocycles. The lowest BCUT2D eigenvalue weighted by Gasteiger charge is -1.90. The van der Waals surface area contributed by atoms with Crippen LogP contribution in [0.15, 0.2) is 11.4 Å². The lowest BCUT2D eigenvalue weighted by Crippen LogP contribution is -1.96. The van der Waals surface area contributed by atoms with Gasteiger partial charge in [-0.1, -0.05) is 16.5 Å². The third-order valence-electron chi connectivity index (χ3n) is 1.45. The number of carbonyl (C=O) groups is 1. The minimum absolute atomic E-state index is 0.00944. The van der Waals surface area contributed by atoms with Gasteiger partial charge in [-0.2, -0.15) is 0 Å². The summed E-state index contributed by atoms with van der Waals surface area (Å²) in [6, 6.07) is 0. The number of rotatable bonds is 5. The van der Waals surface area contributed by atoms with Gasteiger partial charge in [0.2, 0.25) is 0 Å². The first-order valence-electron chi connectivity index (χ1n) is 3.99. The number of aromatic nitrogens is 1. The van der Waals surface area contributed by atoms with E-state index in [1.54, 1.807) is 13.2 Å². The van der Waals surface area contributed by atoms with Gasteiger partial charge in [0.1, 0.15) is 7.11 Å². The molecule has 0 aromatic carbocycles. The largest absolute Gasteiger partial charge is 0.399 e. The highest BCUT2D eigenvalue weighted by atomic mass is 32.1. The van der Waals surface area contributed by atoms with Crippen LogP contribution in [0.4, 0.5) is 5.13 Å². The topological polar surface area (TPSA) is 63.6 Å². The fourth-order valence-electron chi connectivity index (χ4n) is 0.814. The minimum atomic E-state index is -0.00944. The molecule has 1 aromatic rings. The summed E-state index contributed by atoms with van der Waals surface area (Å²) in [6.45, 7) is 0. The van der Waals surface area contributed by atoms with Crippen molar-refractivity contribution in [3.63, 3.8) is 0 Å². The molecular weight excluding hydrogens is 202 g/mol. The first kappa shape index (κ1) is 10.6. The maximum atomic E-state index is 11.4. The van der Waals surface area contributed by atoms with Crippen molar-refractivity contribution < 1.29 is 9.63 Å². The molecule has 0 aliphatic carbocycles. The second kappa shape index (κ2) is 5.33. The van der Waals surface area contributed by atoms with Crippen molar-refractivity contribution in [3.05, 3.63) is 11.1 Å². The van der Waals surface area contributed by atoms with E-state index in [2.05, 4.69) is 20.3 Å². The fourth-order valence-corrected chi connectivity index (χ4v) is 1.53. The van der Waals surface area contributed by atoms with E-state index in [0.717, 1.165) is 5.13 Å². The van der Waals surface area contributed by atoms with Gasteiger partial charge in [-0.25, -0.2) is 4.98 Å². The van der Waals surface area contributed by atoms with Crippen molar-refractivity contribution >= 4 is 28.5 Å². The summed E-state index contributed by atoms with van der Waals surface area (Å²) in [5.41, 5.74) is 0. The molecule has 6 heteroatoms. The molecule has 0 radical (unpaired) electrons. The first-order valence-corrected chi connectivity index (χ1v) is 4.81. The number of thiazole rings is 1. The van der Waals surface area contributed by atoms with Gasteiger partial charge in [0.25, 0.3) is 0 Å². The summed E-state index contributed by atoms with van der Waals surface area (Å²) >= 11 is 1.32. The van der Waals surface area contributed by atoms with Gasteiger partial charge in [-0.15, -0.1) is 0 Å². The van der Waals surface area contributed by atoms with E-state index in [4.69, 9.17) is 0 Å². The molecule has 0 fully saturated rings. The Kier molecular flexibility index (Phi) is 4.06. The van der Waals surface area contributed by atoms with Crippen LogP contribution in [-0.4, -0.2) is 31.1 Å². The number of hydrogen-bond donors (Lipinski definition) is 1. The number of anilines is 1. The molecule has 0 atom stereocenters. The van der Waals surface area contributed by atoms with Crippen LogP contribution in [0.3, 0.4) is 0 Å². The molecule has 0 aliphatic rings. The van der Waals surface area contributed by atoms with E-state index in [0.29, 0.717) is 4.88 Å². The van der Waals surface area contributed by atoms with Gasteiger partial charge in [-0.05, 0) is 0 Å². The zero-order valence-electron chi connectivity index (χ0n) is 7.98. The molecule has 0 unspecified atom stereocenters. The van der Waals surface area contributed by atoms with Gasteiger partial charge in [0, 0.05) is 7.05 Å². The third kappa shape index (κ3) is 2.81. The highest BCUT2D eigenvalue weighted by molar-refractivity contribution is 7.17. The molecule has 1 heterocycles. The third-order valence-corrected chi connectivity index (χ3v) is 2.51. The summed E-state index contributed by atoms with van der Waals surface area (Å²) < 4.78 is 0. The maximum absolute atomic E-state index is 11.4. The van der Waals surface area contributed by atoms with Gasteiger partial charge in [-0.3, -0.25) is 4.79 Å². The number of hydrogen-bond acceptors (Lipinski definition) is 6. The SMILES string of the molecule is CNc1ncc(C(=O)C/C=N\OC)s1. The van der Waals surface area contributed by atoms with Crippen LogP contribution in [0.5, 0.6) is 0 Å². The molecule has 14 heavy (non-hydrogen) atoms. The Morgan fingerprint density at radius 3 is 3.21 bits per heavy atom. The smallest absolute Gasteiger partial charge is 0.183 e. The van der Waals surface area contributed by atoms with E-state index in [1.807, 2.05) is 0 Å². The normalized spacial score (nSPS) is 10.4. The van der Waals surface area contributed by atoms with Crippen molar-refractivity contribution in [2.24, 2.45) is 5.16 Å². The number of oxime groups is 1. The Morgan fingerprint density at radius 1 is 1.86 bits per heavy atom. The average molecular weight is 213 g/mol. The summed E-state index contributed by atoms with van der Waals surface area (Å²) in [5, 5.41) is 7.09. The Hall–Kier alpha value is -1.43. The second-order valence-electron chi connectivity index (χ2n) is 2.38. The number of nitrogens with one attached hydrogen (secondary N) is 1. The molecule has 0 saturated heterocycles. The van der Waals surface area contributed by atoms with Crippen LogP contribution in [0.25, 0.3) is 0 Å². The standard InChI is InChI=1S/C8H11N3O2S/c1-9-8-10-5-7(14-8)6(12)3-4-11-13-2/h4-5H,3H2,1-2H3,(H,9,10)/b11-4-. The highest BCUT2D eigenvalue weighted by Gasteiger charge is 2.08. The summed E-state index contributed by atoms with van der Waals surface area (Å²) in [4.78, 5) is 20.5. The van der Waals surface area contributed by atoms with Crippen molar-refractivity contribution in [2.45, 2.75) is 6.42 Å². The van der Waals surface area contributed by atoms with Crippen LogP contribution in [0.2, 0.25) is 0 Å². The fraction of sp³-hybridized carbons (Fsp3) is 0.375. The molecule has 0 spiro atoms. The molecule has 0 amide bonds. The van der Waals surface area contributed by atoms with E-state index >= 15 is 0 Å². The van der Waals surface area contributed by atoms with E-state index in [-0.39, 0.29) is 12.2 Å². The van der Waals surface area contributed by atoms with Crippen molar-refractivity contribution in [3.8, 4) is 0 Å². The number of carbonyl (C=O) groups excluding carboxylic acids is 1. The van der Waals surface area contributed by atoms with Crippen LogP contribution < -0.4 is 5.32 Å². The predicted molar refractivity (Wildman–Crippen MR) is 56.1 cm³/mol.